The number of nitrogens with one attached hydrogen (secondary N) is 1. The summed E-state index contributed by atoms with van der Waals surface area (Å²) in [5.41, 5.74) is 5.56. The van der Waals surface area contributed by atoms with Gasteiger partial charge in [0.1, 0.15) is 0 Å². The minimum absolute atomic E-state index is 0.228. The normalized spacial score (nSPS) is 11.2. The molecular weight excluding hydrogens is 396 g/mol. The van der Waals surface area contributed by atoms with E-state index in [1.165, 1.54) is 11.4 Å². The van der Waals surface area contributed by atoms with Gasteiger partial charge in [-0.05, 0) is 75.2 Å². The molecule has 0 aliphatic heterocycles. The lowest BCUT2D eigenvalue weighted by atomic mass is 10.1. The molecule has 1 amide bonds. The molecule has 3 aromatic carbocycles. The molecule has 6 heteroatoms. The van der Waals surface area contributed by atoms with Crippen LogP contribution in [0.25, 0.3) is 0 Å². The highest BCUT2D eigenvalue weighted by Gasteiger charge is 2.23. The van der Waals surface area contributed by atoms with Gasteiger partial charge in [0.05, 0.1) is 10.6 Å². The molecule has 0 aliphatic rings. The summed E-state index contributed by atoms with van der Waals surface area (Å²) >= 11 is 0. The van der Waals surface area contributed by atoms with Crippen LogP contribution in [0.15, 0.2) is 65.6 Å². The van der Waals surface area contributed by atoms with E-state index in [1.54, 1.807) is 49.4 Å². The van der Waals surface area contributed by atoms with Gasteiger partial charge in [0, 0.05) is 18.3 Å². The molecule has 156 valence electrons. The molecule has 3 aromatic rings. The fraction of sp³-hybridized carbons (Fsp3) is 0.208. The van der Waals surface area contributed by atoms with E-state index >= 15 is 0 Å². The predicted octanol–water partition coefficient (Wildman–Crippen LogP) is 5.00. The largest absolute Gasteiger partial charge is 0.322 e. The molecule has 0 bridgehead atoms. The highest BCUT2D eigenvalue weighted by molar-refractivity contribution is 7.92. The first kappa shape index (κ1) is 21.6. The van der Waals surface area contributed by atoms with Gasteiger partial charge in [0.15, 0.2) is 0 Å². The maximum atomic E-state index is 13.0. The molecule has 0 radical (unpaired) electrons. The number of rotatable bonds is 5. The number of carbonyl (C=O) groups is 1. The Kier molecular flexibility index (Phi) is 5.99. The molecule has 0 aromatic heterocycles. The summed E-state index contributed by atoms with van der Waals surface area (Å²) in [7, 11) is -2.17. The lowest BCUT2D eigenvalue weighted by Crippen LogP contribution is -2.27. The molecule has 0 fully saturated rings. The van der Waals surface area contributed by atoms with Crippen LogP contribution in [0.2, 0.25) is 0 Å². The maximum Gasteiger partial charge on any atom is 0.264 e. The second-order valence-corrected chi connectivity index (χ2v) is 9.53. The van der Waals surface area contributed by atoms with Crippen LogP contribution in [0.4, 0.5) is 11.4 Å². The van der Waals surface area contributed by atoms with Gasteiger partial charge in [-0.3, -0.25) is 9.10 Å². The van der Waals surface area contributed by atoms with Gasteiger partial charge in [-0.25, -0.2) is 8.42 Å². The van der Waals surface area contributed by atoms with Crippen LogP contribution in [0.3, 0.4) is 0 Å². The Labute approximate surface area is 178 Å². The number of nitrogens with zero attached hydrogens (tertiary/aromatic N) is 1. The van der Waals surface area contributed by atoms with E-state index in [4.69, 9.17) is 0 Å². The monoisotopic (exact) mass is 422 g/mol. The van der Waals surface area contributed by atoms with Gasteiger partial charge in [0.2, 0.25) is 0 Å². The fourth-order valence-corrected chi connectivity index (χ4v) is 4.56. The van der Waals surface area contributed by atoms with Crippen molar-refractivity contribution in [3.05, 3.63) is 88.5 Å². The Bertz CT molecular complexity index is 1200. The van der Waals surface area contributed by atoms with Gasteiger partial charge in [-0.15, -0.1) is 0 Å². The number of sulfonamides is 1. The van der Waals surface area contributed by atoms with Gasteiger partial charge in [-0.2, -0.15) is 0 Å². The molecule has 5 nitrogen and oxygen atoms in total. The Morgan fingerprint density at radius 2 is 1.43 bits per heavy atom. The molecule has 0 saturated carbocycles. The third-order valence-corrected chi connectivity index (χ3v) is 6.89. The van der Waals surface area contributed by atoms with Gasteiger partial charge in [-0.1, -0.05) is 35.4 Å². The second kappa shape index (κ2) is 8.32. The van der Waals surface area contributed by atoms with E-state index in [9.17, 15) is 13.2 Å². The van der Waals surface area contributed by atoms with Gasteiger partial charge in [0.25, 0.3) is 15.9 Å². The SMILES string of the molecule is Cc1ccc(S(=O)(=O)N(C)c2ccc(C(=O)Nc3ccc(C)cc3C)cc2C)cc1. The average molecular weight is 423 g/mol. The molecule has 0 spiro atoms. The maximum absolute atomic E-state index is 13.0. The number of carbonyl (C=O) groups excluding carboxylic acids is 1. The van der Waals surface area contributed by atoms with Crippen molar-refractivity contribution in [1.82, 2.24) is 0 Å². The quantitative estimate of drug-likeness (QED) is 0.629. The van der Waals surface area contributed by atoms with Crippen molar-refractivity contribution in [2.45, 2.75) is 32.6 Å². The van der Waals surface area contributed by atoms with Crippen LogP contribution in [-0.2, 0) is 10.0 Å². The summed E-state index contributed by atoms with van der Waals surface area (Å²) in [6.45, 7) is 7.65. The summed E-state index contributed by atoms with van der Waals surface area (Å²) in [4.78, 5) is 12.9. The van der Waals surface area contributed by atoms with Crippen LogP contribution in [0.1, 0.15) is 32.6 Å². The van der Waals surface area contributed by atoms with Crippen molar-refractivity contribution < 1.29 is 13.2 Å². The third-order valence-electron chi connectivity index (χ3n) is 5.11. The lowest BCUT2D eigenvalue weighted by molar-refractivity contribution is 0.102. The second-order valence-electron chi connectivity index (χ2n) is 7.56. The summed E-state index contributed by atoms with van der Waals surface area (Å²) in [6, 6.07) is 17.6. The fourth-order valence-electron chi connectivity index (χ4n) is 3.30. The number of benzene rings is 3. The van der Waals surface area contributed by atoms with Crippen LogP contribution in [0.5, 0.6) is 0 Å². The van der Waals surface area contributed by atoms with Crippen molar-refractivity contribution in [3.63, 3.8) is 0 Å². The van der Waals surface area contributed by atoms with Gasteiger partial charge >= 0.3 is 0 Å². The number of anilines is 2. The van der Waals surface area contributed by atoms with Crippen LogP contribution >= 0.6 is 0 Å². The topological polar surface area (TPSA) is 66.5 Å². The molecule has 0 unspecified atom stereocenters. The number of amides is 1. The molecule has 30 heavy (non-hydrogen) atoms. The molecule has 0 saturated heterocycles. The lowest BCUT2D eigenvalue weighted by Gasteiger charge is -2.22. The summed E-state index contributed by atoms with van der Waals surface area (Å²) in [5.74, 6) is -0.236. The van der Waals surface area contributed by atoms with Gasteiger partial charge < -0.3 is 5.32 Å². The van der Waals surface area contributed by atoms with Crippen molar-refractivity contribution in [2.75, 3.05) is 16.7 Å². The summed E-state index contributed by atoms with van der Waals surface area (Å²) < 4.78 is 27.2. The molecule has 1 N–H and O–H groups in total. The van der Waals surface area contributed by atoms with Crippen LogP contribution in [-0.4, -0.2) is 21.4 Å². The van der Waals surface area contributed by atoms with Crippen molar-refractivity contribution in [1.29, 1.82) is 0 Å². The van der Waals surface area contributed by atoms with Crippen LogP contribution < -0.4 is 9.62 Å². The summed E-state index contributed by atoms with van der Waals surface area (Å²) in [6.07, 6.45) is 0. The highest BCUT2D eigenvalue weighted by Crippen LogP contribution is 2.27. The zero-order valence-electron chi connectivity index (χ0n) is 17.9. The summed E-state index contributed by atoms with van der Waals surface area (Å²) in [5, 5.41) is 2.92. The minimum Gasteiger partial charge on any atom is -0.322 e. The first-order valence-electron chi connectivity index (χ1n) is 9.64. The Morgan fingerprint density at radius 3 is 2.03 bits per heavy atom. The Balaban J connectivity index is 1.85. The molecule has 0 heterocycles. The smallest absolute Gasteiger partial charge is 0.264 e. The molecule has 3 rings (SSSR count). The number of hydrogen-bond donors (Lipinski definition) is 1. The number of hydrogen-bond acceptors (Lipinski definition) is 3. The molecular formula is C24H26N2O3S. The zero-order valence-corrected chi connectivity index (χ0v) is 18.7. The standard InChI is InChI=1S/C24H26N2O3S/c1-16-6-10-21(11-7-16)30(28,29)26(5)23-13-9-20(15-19(23)4)24(27)25-22-12-8-17(2)14-18(22)3/h6-15H,1-5H3,(H,25,27). The van der Waals surface area contributed by atoms with E-state index in [2.05, 4.69) is 5.32 Å². The average Bonchev–Trinajstić information content (AvgIpc) is 2.69. The Morgan fingerprint density at radius 1 is 0.800 bits per heavy atom. The Hall–Kier alpha value is -3.12. The van der Waals surface area contributed by atoms with E-state index in [0.717, 1.165) is 22.4 Å². The van der Waals surface area contributed by atoms with Crippen LogP contribution in [0, 0.1) is 27.7 Å². The highest BCUT2D eigenvalue weighted by atomic mass is 32.2. The first-order valence-corrected chi connectivity index (χ1v) is 11.1. The van der Waals surface area contributed by atoms with Crippen molar-refractivity contribution in [2.24, 2.45) is 0 Å². The van der Waals surface area contributed by atoms with E-state index in [0.29, 0.717) is 16.8 Å². The van der Waals surface area contributed by atoms with E-state index in [1.807, 2.05) is 39.0 Å². The third kappa shape index (κ3) is 4.39. The van der Waals surface area contributed by atoms with Crippen molar-refractivity contribution in [3.8, 4) is 0 Å². The number of aryl methyl sites for hydroxylation is 4. The van der Waals surface area contributed by atoms with E-state index < -0.39 is 10.0 Å². The molecule has 0 atom stereocenters. The first-order chi connectivity index (χ1) is 14.1. The minimum atomic E-state index is -3.69. The van der Waals surface area contributed by atoms with E-state index in [-0.39, 0.29) is 10.8 Å². The zero-order chi connectivity index (χ0) is 22.1. The van der Waals surface area contributed by atoms with Crippen molar-refractivity contribution >= 4 is 27.3 Å². The predicted molar refractivity (Wildman–Crippen MR) is 122 cm³/mol. The molecule has 0 aliphatic carbocycles.